The van der Waals surface area contributed by atoms with Crippen LogP contribution in [0.1, 0.15) is 11.6 Å². The maximum atomic E-state index is 4.49. The normalized spacial score (nSPS) is 10.9. The van der Waals surface area contributed by atoms with Crippen molar-refractivity contribution in [3.8, 4) is 0 Å². The topological polar surface area (TPSA) is 66.5 Å². The van der Waals surface area contributed by atoms with Crippen molar-refractivity contribution >= 4 is 27.7 Å². The molecule has 0 fully saturated rings. The number of hydrogen-bond acceptors (Lipinski definition) is 5. The molecule has 0 saturated heterocycles. The molecule has 0 aliphatic rings. The Morgan fingerprint density at radius 2 is 2.18 bits per heavy atom. The Labute approximate surface area is 102 Å². The van der Waals surface area contributed by atoms with Crippen LogP contribution in [0.3, 0.4) is 0 Å². The summed E-state index contributed by atoms with van der Waals surface area (Å²) in [5.74, 6) is 1.69. The van der Waals surface area contributed by atoms with Crippen LogP contribution in [0, 0.1) is 0 Å². The molecule has 0 atom stereocenters. The van der Waals surface area contributed by atoms with E-state index in [0.717, 1.165) is 27.8 Å². The van der Waals surface area contributed by atoms with Gasteiger partial charge in [-0.3, -0.25) is 0 Å². The molecule has 0 saturated carbocycles. The number of aromatic nitrogens is 4. The zero-order chi connectivity index (χ0) is 11.7. The number of para-hydroxylation sites is 2. The van der Waals surface area contributed by atoms with E-state index in [0.29, 0.717) is 6.42 Å². The highest BCUT2D eigenvalue weighted by molar-refractivity contribution is 7.09. The summed E-state index contributed by atoms with van der Waals surface area (Å²) >= 11 is 1.36. The van der Waals surface area contributed by atoms with E-state index in [2.05, 4.69) is 24.6 Å². The van der Waals surface area contributed by atoms with Gasteiger partial charge in [-0.15, -0.1) is 0 Å². The molecule has 6 heteroatoms. The molecule has 0 amide bonds. The Balaban J connectivity index is 1.89. The number of aromatic amines is 1. The Kier molecular flexibility index (Phi) is 2.49. The highest BCUT2D eigenvalue weighted by Crippen LogP contribution is 2.15. The number of imidazole rings is 1. The summed E-state index contributed by atoms with van der Waals surface area (Å²) in [6, 6.07) is 7.97. The molecule has 0 aliphatic heterocycles. The second-order valence-corrected chi connectivity index (χ2v) is 4.40. The Morgan fingerprint density at radius 3 is 2.94 bits per heavy atom. The van der Waals surface area contributed by atoms with E-state index in [-0.39, 0.29) is 0 Å². The van der Waals surface area contributed by atoms with Gasteiger partial charge in [0.05, 0.1) is 17.5 Å². The molecule has 2 aromatic heterocycles. The van der Waals surface area contributed by atoms with Gasteiger partial charge in [-0.2, -0.15) is 4.37 Å². The highest BCUT2D eigenvalue weighted by atomic mass is 32.1. The first-order valence-electron chi connectivity index (χ1n) is 5.29. The Morgan fingerprint density at radius 1 is 1.29 bits per heavy atom. The van der Waals surface area contributed by atoms with Crippen molar-refractivity contribution in [2.24, 2.45) is 0 Å². The quantitative estimate of drug-likeness (QED) is 0.741. The largest absolute Gasteiger partial charge is 0.363 e. The molecular weight excluding hydrogens is 234 g/mol. The van der Waals surface area contributed by atoms with Crippen LogP contribution in [0.5, 0.6) is 0 Å². The minimum Gasteiger partial charge on any atom is -0.363 e. The number of benzene rings is 1. The van der Waals surface area contributed by atoms with Crippen LogP contribution in [0.15, 0.2) is 24.3 Å². The molecule has 0 unspecified atom stereocenters. The van der Waals surface area contributed by atoms with Crippen LogP contribution in [-0.4, -0.2) is 26.4 Å². The standard InChI is InChI=1S/C11H11N5S/c1-12-11-15-10(16-17-11)6-9-13-7-4-2-3-5-8(7)14-9/h2-5H,6H2,1H3,(H,13,14)(H,12,15,16). The van der Waals surface area contributed by atoms with Crippen molar-refractivity contribution in [1.29, 1.82) is 0 Å². The van der Waals surface area contributed by atoms with E-state index in [1.54, 1.807) is 0 Å². The zero-order valence-corrected chi connectivity index (χ0v) is 10.1. The summed E-state index contributed by atoms with van der Waals surface area (Å²) in [6.07, 6.45) is 0.632. The van der Waals surface area contributed by atoms with Crippen LogP contribution < -0.4 is 5.32 Å². The summed E-state index contributed by atoms with van der Waals surface area (Å²) in [6.45, 7) is 0. The van der Waals surface area contributed by atoms with Crippen molar-refractivity contribution in [1.82, 2.24) is 19.3 Å². The molecule has 86 valence electrons. The number of nitrogens with zero attached hydrogens (tertiary/aromatic N) is 3. The average molecular weight is 245 g/mol. The van der Waals surface area contributed by atoms with Crippen molar-refractivity contribution in [3.63, 3.8) is 0 Å². The molecule has 2 heterocycles. The minimum atomic E-state index is 0.632. The zero-order valence-electron chi connectivity index (χ0n) is 9.27. The lowest BCUT2D eigenvalue weighted by molar-refractivity contribution is 0.960. The number of fused-ring (bicyclic) bond motifs is 1. The number of hydrogen-bond donors (Lipinski definition) is 2. The molecule has 2 N–H and O–H groups in total. The third kappa shape index (κ3) is 1.99. The summed E-state index contributed by atoms with van der Waals surface area (Å²) in [5, 5.41) is 3.80. The summed E-state index contributed by atoms with van der Waals surface area (Å²) in [7, 11) is 1.84. The van der Waals surface area contributed by atoms with Crippen molar-refractivity contribution in [2.45, 2.75) is 6.42 Å². The van der Waals surface area contributed by atoms with E-state index in [9.17, 15) is 0 Å². The van der Waals surface area contributed by atoms with Gasteiger partial charge in [0.15, 0.2) is 5.82 Å². The van der Waals surface area contributed by atoms with Gasteiger partial charge in [0.2, 0.25) is 5.13 Å². The van der Waals surface area contributed by atoms with Crippen LogP contribution >= 0.6 is 11.5 Å². The lowest BCUT2D eigenvalue weighted by atomic mass is 10.3. The maximum Gasteiger partial charge on any atom is 0.202 e. The molecule has 0 bridgehead atoms. The summed E-state index contributed by atoms with van der Waals surface area (Å²) in [5.41, 5.74) is 2.03. The van der Waals surface area contributed by atoms with Gasteiger partial charge in [0, 0.05) is 18.6 Å². The minimum absolute atomic E-state index is 0.632. The number of rotatable bonds is 3. The first kappa shape index (κ1) is 10.2. The molecule has 3 aromatic rings. The average Bonchev–Trinajstić information content (AvgIpc) is 2.94. The van der Waals surface area contributed by atoms with Gasteiger partial charge in [0.25, 0.3) is 0 Å². The van der Waals surface area contributed by atoms with E-state index in [4.69, 9.17) is 0 Å². The fraction of sp³-hybridized carbons (Fsp3) is 0.182. The fourth-order valence-corrected chi connectivity index (χ4v) is 2.20. The predicted molar refractivity (Wildman–Crippen MR) is 68.4 cm³/mol. The SMILES string of the molecule is CNc1nc(Cc2nc3ccccc3[nH]2)ns1. The number of H-pyrrole nitrogens is 1. The van der Waals surface area contributed by atoms with E-state index in [1.165, 1.54) is 11.5 Å². The molecule has 0 spiro atoms. The Hall–Kier alpha value is -1.95. The van der Waals surface area contributed by atoms with Gasteiger partial charge < -0.3 is 10.3 Å². The van der Waals surface area contributed by atoms with Crippen LogP contribution in [-0.2, 0) is 6.42 Å². The third-order valence-electron chi connectivity index (χ3n) is 2.45. The molecule has 5 nitrogen and oxygen atoms in total. The van der Waals surface area contributed by atoms with Crippen LogP contribution in [0.25, 0.3) is 11.0 Å². The molecule has 1 aromatic carbocycles. The third-order valence-corrected chi connectivity index (χ3v) is 3.22. The second-order valence-electron chi connectivity index (χ2n) is 3.64. The Bertz CT molecular complexity index is 609. The van der Waals surface area contributed by atoms with Gasteiger partial charge in [-0.1, -0.05) is 12.1 Å². The lowest BCUT2D eigenvalue weighted by Gasteiger charge is -1.89. The van der Waals surface area contributed by atoms with Crippen LogP contribution in [0.2, 0.25) is 0 Å². The first-order chi connectivity index (χ1) is 8.35. The highest BCUT2D eigenvalue weighted by Gasteiger charge is 2.07. The van der Waals surface area contributed by atoms with E-state index < -0.39 is 0 Å². The fourth-order valence-electron chi connectivity index (χ4n) is 1.67. The van der Waals surface area contributed by atoms with E-state index >= 15 is 0 Å². The predicted octanol–water partition coefficient (Wildman–Crippen LogP) is 2.05. The maximum absolute atomic E-state index is 4.49. The number of nitrogens with one attached hydrogen (secondary N) is 2. The smallest absolute Gasteiger partial charge is 0.202 e. The van der Waals surface area contributed by atoms with Gasteiger partial charge in [0.1, 0.15) is 5.82 Å². The van der Waals surface area contributed by atoms with Crippen molar-refractivity contribution in [3.05, 3.63) is 35.9 Å². The molecular formula is C11H11N5S. The number of anilines is 1. The van der Waals surface area contributed by atoms with Gasteiger partial charge in [-0.25, -0.2) is 9.97 Å². The lowest BCUT2D eigenvalue weighted by Crippen LogP contribution is -1.93. The van der Waals surface area contributed by atoms with Crippen molar-refractivity contribution < 1.29 is 0 Å². The first-order valence-corrected chi connectivity index (χ1v) is 6.06. The molecule has 17 heavy (non-hydrogen) atoms. The van der Waals surface area contributed by atoms with Crippen molar-refractivity contribution in [2.75, 3.05) is 12.4 Å². The monoisotopic (exact) mass is 245 g/mol. The van der Waals surface area contributed by atoms with E-state index in [1.807, 2.05) is 31.3 Å². The van der Waals surface area contributed by atoms with Crippen LogP contribution in [0.4, 0.5) is 5.13 Å². The summed E-state index contributed by atoms with van der Waals surface area (Å²) < 4.78 is 4.26. The van der Waals surface area contributed by atoms with Gasteiger partial charge in [-0.05, 0) is 12.1 Å². The molecule has 3 rings (SSSR count). The van der Waals surface area contributed by atoms with Gasteiger partial charge >= 0.3 is 0 Å². The molecule has 0 aliphatic carbocycles. The summed E-state index contributed by atoms with van der Waals surface area (Å²) in [4.78, 5) is 12.1. The second kappa shape index (κ2) is 4.14. The molecule has 0 radical (unpaired) electrons.